The Morgan fingerprint density at radius 1 is 1.12 bits per heavy atom. The van der Waals surface area contributed by atoms with Crippen LogP contribution in [0.5, 0.6) is 11.5 Å². The zero-order chi connectivity index (χ0) is 17.6. The summed E-state index contributed by atoms with van der Waals surface area (Å²) in [5.41, 5.74) is 0.553. The van der Waals surface area contributed by atoms with Crippen molar-refractivity contribution >= 4 is 5.91 Å². The molecule has 0 atom stereocenters. The minimum Gasteiger partial charge on any atom is -0.497 e. The third kappa shape index (κ3) is 4.20. The number of nitrogens with zero attached hydrogens (tertiary/aromatic N) is 1. The Morgan fingerprint density at radius 3 is 2.33 bits per heavy atom. The Bertz CT molecular complexity index is 550. The van der Waals surface area contributed by atoms with Crippen molar-refractivity contribution in [1.29, 1.82) is 0 Å². The molecule has 0 saturated heterocycles. The zero-order valence-electron chi connectivity index (χ0n) is 15.4. The van der Waals surface area contributed by atoms with Gasteiger partial charge >= 0.3 is 0 Å². The molecule has 0 heterocycles. The van der Waals surface area contributed by atoms with E-state index in [1.54, 1.807) is 32.4 Å². The van der Waals surface area contributed by atoms with Crippen molar-refractivity contribution in [2.75, 3.05) is 34.9 Å². The van der Waals surface area contributed by atoms with Gasteiger partial charge in [-0.2, -0.15) is 0 Å². The third-order valence-corrected chi connectivity index (χ3v) is 5.21. The number of methoxy groups -OCH3 is 2. The van der Waals surface area contributed by atoms with E-state index in [0.717, 1.165) is 12.8 Å². The summed E-state index contributed by atoms with van der Waals surface area (Å²) in [6.45, 7) is 0.652. The molecule has 5 heteroatoms. The first-order valence-corrected chi connectivity index (χ1v) is 8.70. The normalized spacial score (nSPS) is 17.2. The molecule has 1 amide bonds. The lowest BCUT2D eigenvalue weighted by Gasteiger charge is -2.39. The molecule has 1 saturated carbocycles. The number of ether oxygens (including phenoxy) is 2. The molecule has 0 spiro atoms. The van der Waals surface area contributed by atoms with E-state index in [0.29, 0.717) is 23.6 Å². The fourth-order valence-electron chi connectivity index (χ4n) is 3.50. The van der Waals surface area contributed by atoms with Gasteiger partial charge in [-0.1, -0.05) is 25.7 Å². The Balaban J connectivity index is 2.13. The number of rotatable bonds is 6. The second-order valence-electron chi connectivity index (χ2n) is 6.78. The number of hydrogen-bond acceptors (Lipinski definition) is 4. The minimum atomic E-state index is -0.115. The summed E-state index contributed by atoms with van der Waals surface area (Å²) in [7, 11) is 7.40. The van der Waals surface area contributed by atoms with Crippen LogP contribution in [0.15, 0.2) is 18.2 Å². The molecular weight excluding hydrogens is 304 g/mol. The first-order chi connectivity index (χ1) is 11.5. The van der Waals surface area contributed by atoms with Gasteiger partial charge in [-0.15, -0.1) is 0 Å². The molecule has 5 nitrogen and oxygen atoms in total. The molecule has 134 valence electrons. The predicted molar refractivity (Wildman–Crippen MR) is 96.0 cm³/mol. The van der Waals surface area contributed by atoms with Crippen molar-refractivity contribution in [3.05, 3.63) is 23.8 Å². The highest BCUT2D eigenvalue weighted by molar-refractivity contribution is 5.97. The molecule has 0 bridgehead atoms. The number of benzene rings is 1. The molecule has 24 heavy (non-hydrogen) atoms. The second kappa shape index (κ2) is 8.38. The van der Waals surface area contributed by atoms with E-state index in [2.05, 4.69) is 24.3 Å². The van der Waals surface area contributed by atoms with Gasteiger partial charge < -0.3 is 19.7 Å². The highest BCUT2D eigenvalue weighted by atomic mass is 16.5. The van der Waals surface area contributed by atoms with Crippen LogP contribution in [0.1, 0.15) is 48.9 Å². The lowest BCUT2D eigenvalue weighted by Crippen LogP contribution is -2.52. The summed E-state index contributed by atoms with van der Waals surface area (Å²) < 4.78 is 10.6. The topological polar surface area (TPSA) is 50.8 Å². The van der Waals surface area contributed by atoms with Crippen LogP contribution < -0.4 is 14.8 Å². The van der Waals surface area contributed by atoms with Gasteiger partial charge in [-0.05, 0) is 45.1 Å². The van der Waals surface area contributed by atoms with Crippen LogP contribution in [-0.4, -0.2) is 51.2 Å². The highest BCUT2D eigenvalue weighted by Crippen LogP contribution is 2.31. The molecule has 1 aliphatic carbocycles. The summed E-state index contributed by atoms with van der Waals surface area (Å²) in [5.74, 6) is 1.10. The number of carbonyl (C=O) groups is 1. The number of nitrogens with one attached hydrogen (secondary N) is 1. The van der Waals surface area contributed by atoms with Crippen molar-refractivity contribution in [2.24, 2.45) is 0 Å². The van der Waals surface area contributed by atoms with Crippen molar-refractivity contribution in [3.63, 3.8) is 0 Å². The van der Waals surface area contributed by atoms with Crippen LogP contribution >= 0.6 is 0 Å². The van der Waals surface area contributed by atoms with Crippen molar-refractivity contribution in [3.8, 4) is 11.5 Å². The molecule has 2 rings (SSSR count). The quantitative estimate of drug-likeness (QED) is 0.812. The SMILES string of the molecule is COc1ccc(OC)c(C(=O)NCC2(N(C)C)CCCCCC2)c1. The number of amides is 1. The van der Waals surface area contributed by atoms with E-state index < -0.39 is 0 Å². The smallest absolute Gasteiger partial charge is 0.255 e. The maximum absolute atomic E-state index is 12.7. The molecule has 0 aromatic heterocycles. The average Bonchev–Trinajstić information content (AvgIpc) is 2.85. The van der Waals surface area contributed by atoms with Crippen molar-refractivity contribution < 1.29 is 14.3 Å². The first-order valence-electron chi connectivity index (χ1n) is 8.70. The Labute approximate surface area is 145 Å². The number of carbonyl (C=O) groups excluding carboxylic acids is 1. The zero-order valence-corrected chi connectivity index (χ0v) is 15.4. The van der Waals surface area contributed by atoms with E-state index in [1.165, 1.54) is 25.7 Å². The Morgan fingerprint density at radius 2 is 1.79 bits per heavy atom. The van der Waals surface area contributed by atoms with Gasteiger partial charge in [-0.25, -0.2) is 0 Å². The maximum Gasteiger partial charge on any atom is 0.255 e. The highest BCUT2D eigenvalue weighted by Gasteiger charge is 2.33. The monoisotopic (exact) mass is 334 g/mol. The van der Waals surface area contributed by atoms with E-state index in [1.807, 2.05) is 0 Å². The maximum atomic E-state index is 12.7. The van der Waals surface area contributed by atoms with Crippen LogP contribution in [0, 0.1) is 0 Å². The summed E-state index contributed by atoms with van der Waals surface area (Å²) in [5, 5.41) is 3.13. The van der Waals surface area contributed by atoms with E-state index in [-0.39, 0.29) is 11.4 Å². The molecule has 0 aliphatic heterocycles. The molecule has 1 aromatic rings. The minimum absolute atomic E-state index is 0.0399. The molecule has 1 aliphatic rings. The van der Waals surface area contributed by atoms with Crippen molar-refractivity contribution in [2.45, 2.75) is 44.1 Å². The fourth-order valence-corrected chi connectivity index (χ4v) is 3.50. The molecule has 0 radical (unpaired) electrons. The van der Waals surface area contributed by atoms with Crippen molar-refractivity contribution in [1.82, 2.24) is 10.2 Å². The predicted octanol–water partition coefficient (Wildman–Crippen LogP) is 3.09. The number of hydrogen-bond donors (Lipinski definition) is 1. The van der Waals surface area contributed by atoms with Gasteiger partial charge in [-0.3, -0.25) is 4.79 Å². The van der Waals surface area contributed by atoms with E-state index >= 15 is 0 Å². The molecule has 1 aromatic carbocycles. The van der Waals surface area contributed by atoms with E-state index in [9.17, 15) is 4.79 Å². The largest absolute Gasteiger partial charge is 0.497 e. The van der Waals surface area contributed by atoms with Crippen LogP contribution in [0.2, 0.25) is 0 Å². The standard InChI is InChI=1S/C19H30N2O3/c1-21(2)19(11-7-5-6-8-12-19)14-20-18(22)16-13-15(23-3)9-10-17(16)24-4/h9-10,13H,5-8,11-12,14H2,1-4H3,(H,20,22). The molecule has 0 unspecified atom stereocenters. The third-order valence-electron chi connectivity index (χ3n) is 5.21. The Kier molecular flexibility index (Phi) is 6.49. The summed E-state index contributed by atoms with van der Waals surface area (Å²) in [6, 6.07) is 5.28. The number of likely N-dealkylation sites (N-methyl/N-ethyl adjacent to an activating group) is 1. The summed E-state index contributed by atoms with van der Waals surface area (Å²) >= 11 is 0. The van der Waals surface area contributed by atoms with Gasteiger partial charge in [0.1, 0.15) is 11.5 Å². The Hall–Kier alpha value is -1.75. The van der Waals surface area contributed by atoms with Crippen LogP contribution in [-0.2, 0) is 0 Å². The molecule has 1 fully saturated rings. The summed E-state index contributed by atoms with van der Waals surface area (Å²) in [6.07, 6.45) is 7.25. The van der Waals surface area contributed by atoms with Crippen LogP contribution in [0.4, 0.5) is 0 Å². The van der Waals surface area contributed by atoms with Gasteiger partial charge in [0, 0.05) is 12.1 Å². The first kappa shape index (κ1) is 18.6. The lowest BCUT2D eigenvalue weighted by molar-refractivity contribution is 0.0866. The van der Waals surface area contributed by atoms with Crippen LogP contribution in [0.25, 0.3) is 0 Å². The average molecular weight is 334 g/mol. The van der Waals surface area contributed by atoms with Gasteiger partial charge in [0.05, 0.1) is 19.8 Å². The fraction of sp³-hybridized carbons (Fsp3) is 0.632. The molecule has 1 N–H and O–H groups in total. The van der Waals surface area contributed by atoms with Gasteiger partial charge in [0.25, 0.3) is 5.91 Å². The second-order valence-corrected chi connectivity index (χ2v) is 6.78. The van der Waals surface area contributed by atoms with Crippen LogP contribution in [0.3, 0.4) is 0 Å². The van der Waals surface area contributed by atoms with Gasteiger partial charge in [0.2, 0.25) is 0 Å². The van der Waals surface area contributed by atoms with E-state index in [4.69, 9.17) is 9.47 Å². The van der Waals surface area contributed by atoms with Gasteiger partial charge in [0.15, 0.2) is 0 Å². The molecular formula is C19H30N2O3. The lowest BCUT2D eigenvalue weighted by atomic mass is 9.88. The summed E-state index contributed by atoms with van der Waals surface area (Å²) in [4.78, 5) is 15.0.